The average molecular weight is 317 g/mol. The number of carbonyl (C=O) groups is 1. The number of aliphatic hydroxyl groups is 1. The highest BCUT2D eigenvalue weighted by Gasteiger charge is 2.34. The van der Waals surface area contributed by atoms with E-state index >= 15 is 0 Å². The zero-order chi connectivity index (χ0) is 15.7. The van der Waals surface area contributed by atoms with Crippen molar-refractivity contribution in [3.63, 3.8) is 0 Å². The van der Waals surface area contributed by atoms with Crippen molar-refractivity contribution >= 4 is 16.0 Å². The Bertz CT molecular complexity index is 613. The highest BCUT2D eigenvalue weighted by molar-refractivity contribution is 7.89. The predicted molar refractivity (Wildman–Crippen MR) is 73.1 cm³/mol. The molecular formula is C12H19N3O5S. The second-order valence-corrected chi connectivity index (χ2v) is 7.42. The third-order valence-corrected chi connectivity index (χ3v) is 5.45. The number of hydrogen-bond donors (Lipinski definition) is 2. The van der Waals surface area contributed by atoms with Crippen molar-refractivity contribution in [2.45, 2.75) is 43.2 Å². The van der Waals surface area contributed by atoms with Gasteiger partial charge in [-0.05, 0) is 19.8 Å². The number of sulfonamides is 1. The van der Waals surface area contributed by atoms with Gasteiger partial charge < -0.3 is 10.2 Å². The Morgan fingerprint density at radius 3 is 2.62 bits per heavy atom. The first kappa shape index (κ1) is 15.9. The third-order valence-electron chi connectivity index (χ3n) is 3.60. The molecule has 1 fully saturated rings. The second-order valence-electron chi connectivity index (χ2n) is 5.48. The molecule has 0 aliphatic carbocycles. The van der Waals surface area contributed by atoms with E-state index in [0.717, 1.165) is 0 Å². The molecule has 0 saturated carbocycles. The van der Waals surface area contributed by atoms with Crippen LogP contribution in [0.2, 0.25) is 0 Å². The zero-order valence-corrected chi connectivity index (χ0v) is 12.6. The van der Waals surface area contributed by atoms with Crippen LogP contribution < -0.4 is 0 Å². The summed E-state index contributed by atoms with van der Waals surface area (Å²) in [6.07, 6.45) is 3.22. The largest absolute Gasteiger partial charge is 0.481 e. The van der Waals surface area contributed by atoms with Crippen LogP contribution in [0.3, 0.4) is 0 Å². The van der Waals surface area contributed by atoms with E-state index in [9.17, 15) is 18.3 Å². The van der Waals surface area contributed by atoms with Gasteiger partial charge in [-0.15, -0.1) is 0 Å². The number of nitrogens with zero attached hydrogens (tertiary/aromatic N) is 3. The average Bonchev–Trinajstić information content (AvgIpc) is 2.85. The molecular weight excluding hydrogens is 298 g/mol. The quantitative estimate of drug-likeness (QED) is 0.783. The minimum absolute atomic E-state index is 0.0504. The van der Waals surface area contributed by atoms with Crippen LogP contribution in [0.5, 0.6) is 0 Å². The molecule has 0 unspecified atom stereocenters. The Morgan fingerprint density at radius 2 is 2.05 bits per heavy atom. The Hall–Kier alpha value is -1.45. The van der Waals surface area contributed by atoms with Gasteiger partial charge in [0.2, 0.25) is 10.0 Å². The first-order valence-electron chi connectivity index (χ1n) is 6.67. The molecule has 0 amide bonds. The fourth-order valence-corrected chi connectivity index (χ4v) is 3.56. The van der Waals surface area contributed by atoms with E-state index in [1.54, 1.807) is 6.92 Å². The molecule has 0 bridgehead atoms. The molecule has 2 rings (SSSR count). The summed E-state index contributed by atoms with van der Waals surface area (Å²) < 4.78 is 27.5. The van der Waals surface area contributed by atoms with Crippen molar-refractivity contribution < 1.29 is 23.4 Å². The summed E-state index contributed by atoms with van der Waals surface area (Å²) in [6, 6.07) is 0. The number of piperidine rings is 1. The summed E-state index contributed by atoms with van der Waals surface area (Å²) in [5, 5.41) is 22.3. The van der Waals surface area contributed by atoms with E-state index in [0.29, 0.717) is 12.8 Å². The van der Waals surface area contributed by atoms with Gasteiger partial charge >= 0.3 is 5.97 Å². The van der Waals surface area contributed by atoms with Crippen molar-refractivity contribution in [1.82, 2.24) is 14.1 Å². The van der Waals surface area contributed by atoms with Crippen molar-refractivity contribution in [3.05, 3.63) is 12.4 Å². The summed E-state index contributed by atoms with van der Waals surface area (Å²) in [4.78, 5) is 10.5. The zero-order valence-electron chi connectivity index (χ0n) is 11.8. The number of rotatable bonds is 5. The SMILES string of the molecule is CC1(O)CCN(S(=O)(=O)c2cnn(CCC(=O)O)c2)CC1. The molecule has 118 valence electrons. The molecule has 1 saturated heterocycles. The van der Waals surface area contributed by atoms with Gasteiger partial charge in [-0.25, -0.2) is 8.42 Å². The van der Waals surface area contributed by atoms with Gasteiger partial charge in [0.25, 0.3) is 0 Å². The minimum atomic E-state index is -3.64. The Labute approximate surface area is 123 Å². The standard InChI is InChI=1S/C12H19N3O5S/c1-12(18)3-6-15(7-4-12)21(19,20)10-8-13-14(9-10)5-2-11(16)17/h8-9,18H,2-7H2,1H3,(H,16,17). The van der Waals surface area contributed by atoms with Crippen molar-refractivity contribution in [3.8, 4) is 0 Å². The molecule has 0 radical (unpaired) electrons. The molecule has 0 aromatic carbocycles. The van der Waals surface area contributed by atoms with Gasteiger partial charge in [-0.1, -0.05) is 0 Å². The van der Waals surface area contributed by atoms with Crippen LogP contribution in [0, 0.1) is 0 Å². The highest BCUT2D eigenvalue weighted by atomic mass is 32.2. The molecule has 9 heteroatoms. The lowest BCUT2D eigenvalue weighted by Gasteiger charge is -2.34. The van der Waals surface area contributed by atoms with Crippen molar-refractivity contribution in [2.24, 2.45) is 0 Å². The van der Waals surface area contributed by atoms with Gasteiger partial charge in [0, 0.05) is 19.3 Å². The lowest BCUT2D eigenvalue weighted by Crippen LogP contribution is -2.44. The number of aryl methyl sites for hydroxylation is 1. The predicted octanol–water partition coefficient (Wildman–Crippen LogP) is -0.107. The second kappa shape index (κ2) is 5.74. The lowest BCUT2D eigenvalue weighted by atomic mass is 9.95. The number of hydrogen-bond acceptors (Lipinski definition) is 5. The van der Waals surface area contributed by atoms with Gasteiger partial charge in [0.05, 0.1) is 24.8 Å². The summed E-state index contributed by atoms with van der Waals surface area (Å²) in [7, 11) is -3.64. The van der Waals surface area contributed by atoms with Crippen LogP contribution >= 0.6 is 0 Å². The third kappa shape index (κ3) is 3.80. The van der Waals surface area contributed by atoms with Gasteiger partial charge in [0.1, 0.15) is 4.90 Å². The number of aromatic nitrogens is 2. The summed E-state index contributed by atoms with van der Waals surface area (Å²) in [5.41, 5.74) is -0.822. The maximum atomic E-state index is 12.4. The molecule has 1 aliphatic heterocycles. The monoisotopic (exact) mass is 317 g/mol. The van der Waals surface area contributed by atoms with Crippen molar-refractivity contribution in [2.75, 3.05) is 13.1 Å². The molecule has 1 aliphatic rings. The Morgan fingerprint density at radius 1 is 1.43 bits per heavy atom. The summed E-state index contributed by atoms with van der Waals surface area (Å²) >= 11 is 0. The maximum absolute atomic E-state index is 12.4. The van der Waals surface area contributed by atoms with E-state index in [1.807, 2.05) is 0 Å². The summed E-state index contributed by atoms with van der Waals surface area (Å²) in [5.74, 6) is -0.965. The van der Waals surface area contributed by atoms with Crippen LogP contribution in [0.1, 0.15) is 26.2 Å². The topological polar surface area (TPSA) is 113 Å². The molecule has 1 aromatic heterocycles. The molecule has 0 atom stereocenters. The fraction of sp³-hybridized carbons (Fsp3) is 0.667. The number of aliphatic carboxylic acids is 1. The van der Waals surface area contributed by atoms with Crippen LogP contribution in [0.15, 0.2) is 17.3 Å². The van der Waals surface area contributed by atoms with E-state index < -0.39 is 21.6 Å². The number of carboxylic acid groups (broad SMARTS) is 1. The van der Waals surface area contributed by atoms with Crippen LogP contribution in [-0.2, 0) is 21.4 Å². The minimum Gasteiger partial charge on any atom is -0.481 e. The van der Waals surface area contributed by atoms with E-state index in [4.69, 9.17) is 5.11 Å². The normalized spacial score (nSPS) is 19.5. The molecule has 1 aromatic rings. The van der Waals surface area contributed by atoms with Gasteiger partial charge in [-0.2, -0.15) is 9.40 Å². The summed E-state index contributed by atoms with van der Waals surface area (Å²) in [6.45, 7) is 2.34. The highest BCUT2D eigenvalue weighted by Crippen LogP contribution is 2.25. The lowest BCUT2D eigenvalue weighted by molar-refractivity contribution is -0.137. The van der Waals surface area contributed by atoms with E-state index in [1.165, 1.54) is 21.4 Å². The van der Waals surface area contributed by atoms with Crippen molar-refractivity contribution in [1.29, 1.82) is 0 Å². The van der Waals surface area contributed by atoms with E-state index in [-0.39, 0.29) is 31.0 Å². The molecule has 2 heterocycles. The first-order valence-corrected chi connectivity index (χ1v) is 8.11. The molecule has 21 heavy (non-hydrogen) atoms. The Kier molecular flexibility index (Phi) is 4.35. The smallest absolute Gasteiger partial charge is 0.305 e. The first-order chi connectivity index (χ1) is 9.71. The maximum Gasteiger partial charge on any atom is 0.305 e. The number of carboxylic acids is 1. The van der Waals surface area contributed by atoms with E-state index in [2.05, 4.69) is 5.10 Å². The van der Waals surface area contributed by atoms with Gasteiger partial charge in [-0.3, -0.25) is 9.48 Å². The van der Waals surface area contributed by atoms with Crippen LogP contribution in [0.4, 0.5) is 0 Å². The fourth-order valence-electron chi connectivity index (χ4n) is 2.17. The Balaban J connectivity index is 2.08. The molecule has 8 nitrogen and oxygen atoms in total. The van der Waals surface area contributed by atoms with Gasteiger partial charge in [0.15, 0.2) is 0 Å². The molecule has 0 spiro atoms. The molecule has 2 N–H and O–H groups in total. The van der Waals surface area contributed by atoms with Crippen LogP contribution in [0.25, 0.3) is 0 Å². The van der Waals surface area contributed by atoms with Crippen LogP contribution in [-0.4, -0.2) is 57.4 Å².